The summed E-state index contributed by atoms with van der Waals surface area (Å²) in [6, 6.07) is 3.87. The largest absolute Gasteiger partial charge is 0.380 e. The van der Waals surface area contributed by atoms with Gasteiger partial charge in [-0.15, -0.1) is 11.3 Å². The van der Waals surface area contributed by atoms with Crippen LogP contribution < -0.4 is 5.32 Å². The third-order valence-electron chi connectivity index (χ3n) is 6.24. The predicted octanol–water partition coefficient (Wildman–Crippen LogP) is 4.33. The smallest absolute Gasteiger partial charge is 0.225 e. The number of nitrogens with one attached hydrogen (secondary N) is 1. The van der Waals surface area contributed by atoms with Crippen molar-refractivity contribution in [1.82, 2.24) is 24.5 Å². The van der Waals surface area contributed by atoms with E-state index in [9.17, 15) is 4.79 Å². The number of amides is 1. The maximum atomic E-state index is 13.0. The molecule has 1 amide bonds. The van der Waals surface area contributed by atoms with Crippen LogP contribution in [-0.4, -0.2) is 57.2 Å². The molecule has 2 atom stereocenters. The van der Waals surface area contributed by atoms with E-state index in [-0.39, 0.29) is 17.9 Å². The van der Waals surface area contributed by atoms with Gasteiger partial charge in [0, 0.05) is 43.9 Å². The highest BCUT2D eigenvalue weighted by molar-refractivity contribution is 7.19. The van der Waals surface area contributed by atoms with Gasteiger partial charge in [-0.1, -0.05) is 11.6 Å². The first kappa shape index (κ1) is 22.1. The summed E-state index contributed by atoms with van der Waals surface area (Å²) >= 11 is 8.14. The zero-order valence-electron chi connectivity index (χ0n) is 18.7. The Hall–Kier alpha value is -2.75. The Morgan fingerprint density at radius 2 is 2.30 bits per heavy atom. The fourth-order valence-electron chi connectivity index (χ4n) is 4.44. The highest BCUT2D eigenvalue weighted by atomic mass is 35.5. The summed E-state index contributed by atoms with van der Waals surface area (Å²) in [7, 11) is 3.52. The zero-order chi connectivity index (χ0) is 23.1. The van der Waals surface area contributed by atoms with Gasteiger partial charge in [-0.05, 0) is 43.9 Å². The first-order chi connectivity index (χ1) is 15.9. The number of ether oxygens (including phenoxy) is 1. The number of carbonyl (C=O) groups excluding carboxylic acids is 1. The van der Waals surface area contributed by atoms with Gasteiger partial charge in [0.05, 0.1) is 27.7 Å². The molecule has 5 rings (SSSR count). The molecule has 0 aliphatic heterocycles. The number of fused-ring (bicyclic) bond motifs is 4. The highest BCUT2D eigenvalue weighted by Crippen LogP contribution is 2.41. The number of halogens is 1. The van der Waals surface area contributed by atoms with E-state index in [0.717, 1.165) is 46.5 Å². The lowest BCUT2D eigenvalue weighted by atomic mass is 9.87. The minimum absolute atomic E-state index is 0.0138. The van der Waals surface area contributed by atoms with E-state index >= 15 is 0 Å². The zero-order valence-corrected chi connectivity index (χ0v) is 20.3. The van der Waals surface area contributed by atoms with E-state index in [1.165, 1.54) is 10.4 Å². The number of aromatic nitrogens is 4. The number of hydrogen-bond acceptors (Lipinski definition) is 7. The lowest BCUT2D eigenvalue weighted by molar-refractivity contribution is -0.135. The van der Waals surface area contributed by atoms with Crippen molar-refractivity contribution in [1.29, 1.82) is 0 Å². The Morgan fingerprint density at radius 3 is 3.12 bits per heavy atom. The molecule has 0 fully saturated rings. The fourth-order valence-corrected chi connectivity index (χ4v) is 5.90. The Kier molecular flexibility index (Phi) is 5.94. The molecule has 0 spiro atoms. The number of carbonyl (C=O) groups is 1. The van der Waals surface area contributed by atoms with Gasteiger partial charge in [-0.3, -0.25) is 4.79 Å². The summed E-state index contributed by atoms with van der Waals surface area (Å²) in [5, 5.41) is 9.21. The lowest BCUT2D eigenvalue weighted by Crippen LogP contribution is -2.39. The molecule has 0 saturated carbocycles. The molecular weight excluding hydrogens is 460 g/mol. The van der Waals surface area contributed by atoms with Crippen LogP contribution in [0.15, 0.2) is 30.9 Å². The first-order valence-electron chi connectivity index (χ1n) is 10.9. The minimum Gasteiger partial charge on any atom is -0.380 e. The second kappa shape index (κ2) is 8.89. The average Bonchev–Trinajstić information content (AvgIpc) is 3.42. The second-order valence-corrected chi connectivity index (χ2v) is 9.96. The van der Waals surface area contributed by atoms with Gasteiger partial charge in [0.2, 0.25) is 5.91 Å². The van der Waals surface area contributed by atoms with Crippen molar-refractivity contribution in [3.05, 3.63) is 46.3 Å². The number of thiophene rings is 1. The van der Waals surface area contributed by atoms with Crippen molar-refractivity contribution in [2.24, 2.45) is 5.92 Å². The number of methoxy groups -OCH3 is 1. The molecule has 4 aromatic rings. The van der Waals surface area contributed by atoms with Crippen molar-refractivity contribution in [3.63, 3.8) is 0 Å². The van der Waals surface area contributed by atoms with Crippen molar-refractivity contribution in [3.8, 4) is 0 Å². The second-order valence-electron chi connectivity index (χ2n) is 8.47. The third-order valence-corrected chi connectivity index (χ3v) is 7.71. The van der Waals surface area contributed by atoms with Crippen LogP contribution in [0.3, 0.4) is 0 Å². The molecule has 0 aromatic carbocycles. The molecular formula is C23H25ClN6O2S. The van der Waals surface area contributed by atoms with E-state index in [2.05, 4.69) is 20.4 Å². The Bertz CT molecular complexity index is 1340. The molecule has 8 nitrogen and oxygen atoms in total. The highest BCUT2D eigenvalue weighted by Gasteiger charge is 2.31. The molecule has 0 bridgehead atoms. The van der Waals surface area contributed by atoms with Gasteiger partial charge in [0.25, 0.3) is 0 Å². The standard InChI is InChI=1S/C23H25ClN6O2S/c1-13(32-3)10-29(2)23(31)14-4-5-16-19(8-14)33-22-20(16)21(25-12-26-22)28-18-9-15-6-7-27-30(15)11-17(18)24/h6-7,9,11-14H,4-5,8,10H2,1-3H3,(H,25,26,28)/t13?,14-/m0/s1. The van der Waals surface area contributed by atoms with Crippen molar-refractivity contribution < 1.29 is 9.53 Å². The molecule has 4 aromatic heterocycles. The molecule has 10 heteroatoms. The van der Waals surface area contributed by atoms with Crippen molar-refractivity contribution in [2.45, 2.75) is 32.3 Å². The quantitative estimate of drug-likeness (QED) is 0.438. The average molecular weight is 485 g/mol. The number of aryl methyl sites for hydroxylation is 1. The van der Waals surface area contributed by atoms with Crippen LogP contribution in [0, 0.1) is 5.92 Å². The molecule has 0 radical (unpaired) electrons. The third kappa shape index (κ3) is 4.16. The van der Waals surface area contributed by atoms with Crippen molar-refractivity contribution in [2.75, 3.05) is 26.0 Å². The van der Waals surface area contributed by atoms with Gasteiger partial charge in [-0.25, -0.2) is 14.5 Å². The molecule has 4 heterocycles. The van der Waals surface area contributed by atoms with E-state index in [0.29, 0.717) is 11.6 Å². The van der Waals surface area contributed by atoms with E-state index in [4.69, 9.17) is 16.3 Å². The molecule has 1 aliphatic carbocycles. The van der Waals surface area contributed by atoms with Gasteiger partial charge >= 0.3 is 0 Å². The van der Waals surface area contributed by atoms with Gasteiger partial charge in [0.1, 0.15) is 17.0 Å². The minimum atomic E-state index is -0.0253. The fraction of sp³-hybridized carbons (Fsp3) is 0.391. The normalized spacial score (nSPS) is 16.7. The Balaban J connectivity index is 1.43. The van der Waals surface area contributed by atoms with Crippen LogP contribution in [0.4, 0.5) is 11.5 Å². The number of nitrogens with zero attached hydrogens (tertiary/aromatic N) is 5. The number of rotatable bonds is 6. The van der Waals surface area contributed by atoms with Crippen LogP contribution in [0.5, 0.6) is 0 Å². The van der Waals surface area contributed by atoms with Crippen molar-refractivity contribution >= 4 is 56.1 Å². The number of hydrogen-bond donors (Lipinski definition) is 1. The summed E-state index contributed by atoms with van der Waals surface area (Å²) in [5.41, 5.74) is 2.94. The van der Waals surface area contributed by atoms with Gasteiger partial charge in [-0.2, -0.15) is 5.10 Å². The molecule has 1 N–H and O–H groups in total. The van der Waals surface area contributed by atoms with Gasteiger partial charge in [0.15, 0.2) is 0 Å². The molecule has 172 valence electrons. The Labute approximate surface area is 200 Å². The monoisotopic (exact) mass is 484 g/mol. The van der Waals surface area contributed by atoms with E-state index < -0.39 is 0 Å². The summed E-state index contributed by atoms with van der Waals surface area (Å²) in [6.07, 6.45) is 7.44. The van der Waals surface area contributed by atoms with Crippen LogP contribution in [0.2, 0.25) is 5.02 Å². The summed E-state index contributed by atoms with van der Waals surface area (Å²) < 4.78 is 7.05. The predicted molar refractivity (Wildman–Crippen MR) is 131 cm³/mol. The molecule has 1 unspecified atom stereocenters. The molecule has 33 heavy (non-hydrogen) atoms. The number of pyridine rings is 1. The number of anilines is 2. The maximum Gasteiger partial charge on any atom is 0.225 e. The van der Waals surface area contributed by atoms with E-state index in [1.807, 2.05) is 26.1 Å². The topological polar surface area (TPSA) is 84.6 Å². The molecule has 0 saturated heterocycles. The van der Waals surface area contributed by atoms with Gasteiger partial charge < -0.3 is 15.0 Å². The summed E-state index contributed by atoms with van der Waals surface area (Å²) in [5.74, 6) is 0.883. The number of likely N-dealkylation sites (N-methyl/N-ethyl adjacent to an activating group) is 1. The van der Waals surface area contributed by atoms with E-state index in [1.54, 1.807) is 46.6 Å². The van der Waals surface area contributed by atoms with Crippen LogP contribution in [0.1, 0.15) is 23.8 Å². The first-order valence-corrected chi connectivity index (χ1v) is 12.1. The Morgan fingerprint density at radius 1 is 1.45 bits per heavy atom. The maximum absolute atomic E-state index is 13.0. The van der Waals surface area contributed by atoms with Crippen LogP contribution >= 0.6 is 22.9 Å². The SMILES string of the molecule is COC(C)CN(C)C(=O)[C@H]1CCc2c(sc3ncnc(Nc4cc5ccnn5cc4Cl)c23)C1. The molecule has 1 aliphatic rings. The summed E-state index contributed by atoms with van der Waals surface area (Å²) in [4.78, 5) is 26.0. The van der Waals surface area contributed by atoms with Crippen LogP contribution in [0.25, 0.3) is 15.7 Å². The summed E-state index contributed by atoms with van der Waals surface area (Å²) in [6.45, 7) is 2.56. The lowest BCUT2D eigenvalue weighted by Gasteiger charge is -2.28. The van der Waals surface area contributed by atoms with Crippen LogP contribution in [-0.2, 0) is 22.4 Å².